The van der Waals surface area contributed by atoms with Crippen LogP contribution < -0.4 is 10.0 Å². The number of nitrogens with one attached hydrogen (secondary N) is 2. The third kappa shape index (κ3) is 5.79. The van der Waals surface area contributed by atoms with Crippen molar-refractivity contribution < 1.29 is 26.0 Å². The van der Waals surface area contributed by atoms with E-state index in [1.54, 1.807) is 19.2 Å². The number of nitrogens with zero attached hydrogens (tertiary/aromatic N) is 2. The molecule has 2 aromatic carbocycles. The van der Waals surface area contributed by atoms with Crippen LogP contribution in [0.15, 0.2) is 53.9 Å². The summed E-state index contributed by atoms with van der Waals surface area (Å²) in [7, 11) is -0.357. The van der Waals surface area contributed by atoms with Gasteiger partial charge in [-0.25, -0.2) is 22.5 Å². The fourth-order valence-corrected chi connectivity index (χ4v) is 5.88. The molecular formula is C25H28F4N4O2S. The summed E-state index contributed by atoms with van der Waals surface area (Å²) in [6.07, 6.45) is -0.547. The highest BCUT2D eigenvalue weighted by molar-refractivity contribution is 7.89. The van der Waals surface area contributed by atoms with Crippen LogP contribution >= 0.6 is 0 Å². The van der Waals surface area contributed by atoms with E-state index in [2.05, 4.69) is 15.0 Å². The van der Waals surface area contributed by atoms with E-state index < -0.39 is 27.6 Å². The lowest BCUT2D eigenvalue weighted by Gasteiger charge is -2.21. The lowest BCUT2D eigenvalue weighted by Crippen LogP contribution is -2.26. The third-order valence-electron chi connectivity index (χ3n) is 6.58. The first-order chi connectivity index (χ1) is 17.0. The van der Waals surface area contributed by atoms with Gasteiger partial charge in [0, 0.05) is 19.8 Å². The van der Waals surface area contributed by atoms with Crippen LogP contribution in [0.5, 0.6) is 0 Å². The predicted molar refractivity (Wildman–Crippen MR) is 128 cm³/mol. The van der Waals surface area contributed by atoms with Crippen LogP contribution in [-0.2, 0) is 42.5 Å². The first-order valence-corrected chi connectivity index (χ1v) is 13.1. The molecule has 1 aliphatic rings. The first-order valence-electron chi connectivity index (χ1n) is 11.6. The van der Waals surface area contributed by atoms with Crippen LogP contribution in [0.1, 0.15) is 33.7 Å². The second-order valence-corrected chi connectivity index (χ2v) is 10.9. The smallest absolute Gasteiger partial charge is 0.339 e. The molecule has 1 aliphatic carbocycles. The van der Waals surface area contributed by atoms with Gasteiger partial charge < -0.3 is 9.88 Å². The standard InChI is InChI=1S/C25H28F4N4O2S/c1-30-13-19-10-18-12-23(26)17(6-7-32-36(34,35)24-14-33(2)15-31-24)11-22(18)21(19)9-16-4-3-5-20(8-16)25(27,28)29/h3-5,8,11-12,14-15,19,21,30,32H,6-7,9-10,13H2,1-2H3. The van der Waals surface area contributed by atoms with Crippen molar-refractivity contribution in [1.82, 2.24) is 19.6 Å². The van der Waals surface area contributed by atoms with E-state index in [0.717, 1.165) is 17.2 Å². The zero-order chi connectivity index (χ0) is 26.1. The number of hydrogen-bond acceptors (Lipinski definition) is 4. The number of imidazole rings is 1. The summed E-state index contributed by atoms with van der Waals surface area (Å²) in [5.74, 6) is -0.425. The molecule has 0 bridgehead atoms. The summed E-state index contributed by atoms with van der Waals surface area (Å²) in [4.78, 5) is 3.84. The number of alkyl halides is 3. The Balaban J connectivity index is 1.55. The summed E-state index contributed by atoms with van der Waals surface area (Å²) >= 11 is 0. The Morgan fingerprint density at radius 2 is 1.97 bits per heavy atom. The molecule has 0 amide bonds. The van der Waals surface area contributed by atoms with Gasteiger partial charge in [-0.3, -0.25) is 0 Å². The molecule has 0 spiro atoms. The van der Waals surface area contributed by atoms with Crippen LogP contribution in [0.4, 0.5) is 17.6 Å². The average molecular weight is 525 g/mol. The molecule has 2 N–H and O–H groups in total. The number of rotatable bonds is 9. The van der Waals surface area contributed by atoms with Crippen molar-refractivity contribution in [1.29, 1.82) is 0 Å². The van der Waals surface area contributed by atoms with E-state index in [1.165, 1.54) is 35.3 Å². The maximum absolute atomic E-state index is 14.9. The van der Waals surface area contributed by atoms with Crippen molar-refractivity contribution in [2.24, 2.45) is 13.0 Å². The van der Waals surface area contributed by atoms with Crippen LogP contribution in [0.25, 0.3) is 0 Å². The minimum Gasteiger partial charge on any atom is -0.339 e. The Hall–Kier alpha value is -2.76. The summed E-state index contributed by atoms with van der Waals surface area (Å²) in [5, 5.41) is 3.02. The molecule has 0 fully saturated rings. The minimum absolute atomic E-state index is 0.0210. The van der Waals surface area contributed by atoms with Gasteiger partial charge in [-0.2, -0.15) is 13.2 Å². The van der Waals surface area contributed by atoms with E-state index in [1.807, 2.05) is 7.05 Å². The molecule has 0 saturated heterocycles. The topological polar surface area (TPSA) is 76.0 Å². The molecule has 11 heteroatoms. The van der Waals surface area contributed by atoms with Gasteiger partial charge in [-0.15, -0.1) is 0 Å². The molecule has 1 aromatic heterocycles. The van der Waals surface area contributed by atoms with Gasteiger partial charge in [0.2, 0.25) is 0 Å². The lowest BCUT2D eigenvalue weighted by molar-refractivity contribution is -0.137. The van der Waals surface area contributed by atoms with Crippen molar-refractivity contribution in [3.8, 4) is 0 Å². The highest BCUT2D eigenvalue weighted by Gasteiger charge is 2.34. The van der Waals surface area contributed by atoms with E-state index in [9.17, 15) is 26.0 Å². The molecule has 2 atom stereocenters. The molecular weight excluding hydrogens is 496 g/mol. The zero-order valence-electron chi connectivity index (χ0n) is 19.9. The van der Waals surface area contributed by atoms with Gasteiger partial charge in [-0.1, -0.05) is 24.3 Å². The normalized spacial score (nSPS) is 17.9. The number of halogens is 4. The number of sulfonamides is 1. The Bertz CT molecular complexity index is 1340. The van der Waals surface area contributed by atoms with Crippen molar-refractivity contribution in [3.05, 3.63) is 82.6 Å². The number of aryl methyl sites for hydroxylation is 1. The maximum Gasteiger partial charge on any atom is 0.416 e. The Kier molecular flexibility index (Phi) is 7.53. The Morgan fingerprint density at radius 1 is 1.19 bits per heavy atom. The third-order valence-corrected chi connectivity index (χ3v) is 7.92. The molecule has 4 rings (SSSR count). The van der Waals surface area contributed by atoms with Crippen molar-refractivity contribution in [2.45, 2.75) is 36.4 Å². The number of aromatic nitrogens is 2. The van der Waals surface area contributed by atoms with E-state index in [-0.39, 0.29) is 29.8 Å². The minimum atomic E-state index is -4.42. The molecule has 6 nitrogen and oxygen atoms in total. The molecule has 36 heavy (non-hydrogen) atoms. The first kappa shape index (κ1) is 26.3. The number of fused-ring (bicyclic) bond motifs is 1. The second-order valence-electron chi connectivity index (χ2n) is 9.20. The van der Waals surface area contributed by atoms with Crippen LogP contribution in [0, 0.1) is 11.7 Å². The predicted octanol–water partition coefficient (Wildman–Crippen LogP) is 3.82. The molecule has 0 radical (unpaired) electrons. The lowest BCUT2D eigenvalue weighted by atomic mass is 9.85. The van der Waals surface area contributed by atoms with Crippen molar-refractivity contribution in [2.75, 3.05) is 20.1 Å². The number of hydrogen-bond donors (Lipinski definition) is 2. The molecule has 194 valence electrons. The van der Waals surface area contributed by atoms with Gasteiger partial charge in [0.15, 0.2) is 5.03 Å². The molecule has 1 heterocycles. The van der Waals surface area contributed by atoms with Gasteiger partial charge in [0.25, 0.3) is 10.0 Å². The van der Waals surface area contributed by atoms with Crippen LogP contribution in [0.3, 0.4) is 0 Å². The van der Waals surface area contributed by atoms with E-state index in [4.69, 9.17) is 0 Å². The van der Waals surface area contributed by atoms with Crippen molar-refractivity contribution in [3.63, 3.8) is 0 Å². The zero-order valence-corrected chi connectivity index (χ0v) is 20.8. The Morgan fingerprint density at radius 3 is 2.64 bits per heavy atom. The highest BCUT2D eigenvalue weighted by atomic mass is 32.2. The average Bonchev–Trinajstić information content (AvgIpc) is 3.38. The second kappa shape index (κ2) is 10.3. The quantitative estimate of drug-likeness (QED) is 0.418. The summed E-state index contributed by atoms with van der Waals surface area (Å²) < 4.78 is 83.4. The largest absolute Gasteiger partial charge is 0.416 e. The summed E-state index contributed by atoms with van der Waals surface area (Å²) in [5.41, 5.74) is 1.97. The molecule has 2 unspecified atom stereocenters. The SMILES string of the molecule is CNCC1Cc2cc(F)c(CCNS(=O)(=O)c3cn(C)cn3)cc2C1Cc1cccc(C(F)(F)F)c1. The van der Waals surface area contributed by atoms with Crippen molar-refractivity contribution >= 4 is 10.0 Å². The molecule has 0 aliphatic heterocycles. The Labute approximate surface area is 207 Å². The van der Waals surface area contributed by atoms with Crippen LogP contribution in [-0.4, -0.2) is 38.1 Å². The van der Waals surface area contributed by atoms with Gasteiger partial charge in [-0.05, 0) is 79.1 Å². The highest BCUT2D eigenvalue weighted by Crippen LogP contribution is 2.41. The summed E-state index contributed by atoms with van der Waals surface area (Å²) in [6.45, 7) is 0.617. The van der Waals surface area contributed by atoms with Crippen LogP contribution in [0.2, 0.25) is 0 Å². The van der Waals surface area contributed by atoms with E-state index >= 15 is 0 Å². The molecule has 3 aromatic rings. The van der Waals surface area contributed by atoms with E-state index in [0.29, 0.717) is 30.5 Å². The monoisotopic (exact) mass is 524 g/mol. The van der Waals surface area contributed by atoms with Gasteiger partial charge >= 0.3 is 6.18 Å². The maximum atomic E-state index is 14.9. The fraction of sp³-hybridized carbons (Fsp3) is 0.400. The van der Waals surface area contributed by atoms with Gasteiger partial charge in [0.05, 0.1) is 11.9 Å². The number of benzene rings is 2. The van der Waals surface area contributed by atoms with Gasteiger partial charge in [0.1, 0.15) is 5.82 Å². The summed E-state index contributed by atoms with van der Waals surface area (Å²) in [6, 6.07) is 8.54. The molecule has 0 saturated carbocycles. The fourth-order valence-electron chi connectivity index (χ4n) is 4.87.